The normalized spacial score (nSPS) is 13.5. The maximum atomic E-state index is 12.7. The number of ether oxygens (including phenoxy) is 1. The first-order chi connectivity index (χ1) is 12.5. The van der Waals surface area contributed by atoms with Gasteiger partial charge in [-0.3, -0.25) is 9.59 Å². The summed E-state index contributed by atoms with van der Waals surface area (Å²) in [6.07, 6.45) is 2.00. The summed E-state index contributed by atoms with van der Waals surface area (Å²) in [7, 11) is 0. The fraction of sp³-hybridized carbons (Fsp3) is 0.263. The van der Waals surface area contributed by atoms with E-state index < -0.39 is 0 Å². The smallest absolute Gasteiger partial charge is 0.262 e. The van der Waals surface area contributed by atoms with Crippen LogP contribution < -0.4 is 10.1 Å². The largest absolute Gasteiger partial charge is 0.484 e. The lowest BCUT2D eigenvalue weighted by atomic mass is 10.1. The predicted octanol–water partition coefficient (Wildman–Crippen LogP) is 4.36. The van der Waals surface area contributed by atoms with E-state index in [9.17, 15) is 9.59 Å². The molecular weight excluding hydrogens is 420 g/mol. The van der Waals surface area contributed by atoms with Gasteiger partial charge in [0.15, 0.2) is 6.61 Å². The summed E-state index contributed by atoms with van der Waals surface area (Å²) in [5.41, 5.74) is 0.840. The molecule has 0 atom stereocenters. The molecule has 1 N–H and O–H groups in total. The zero-order chi connectivity index (χ0) is 18.5. The van der Waals surface area contributed by atoms with Gasteiger partial charge in [-0.05, 0) is 55.3 Å². The molecule has 0 radical (unpaired) electrons. The van der Waals surface area contributed by atoms with Crippen LogP contribution in [-0.4, -0.2) is 36.4 Å². The number of carbonyl (C=O) groups is 2. The Labute approximate surface area is 165 Å². The van der Waals surface area contributed by atoms with Gasteiger partial charge >= 0.3 is 0 Å². The number of likely N-dealkylation sites (tertiary alicyclic amines) is 1. The molecule has 136 valence electrons. The highest BCUT2D eigenvalue weighted by Crippen LogP contribution is 2.24. The summed E-state index contributed by atoms with van der Waals surface area (Å²) >= 11 is 9.38. The minimum atomic E-state index is -0.356. The van der Waals surface area contributed by atoms with E-state index in [0.717, 1.165) is 30.4 Å². The second kappa shape index (κ2) is 8.56. The standard InChI is InChI=1S/C19H18BrClN2O3/c20-13-3-6-15(7-4-13)26-12-18(24)22-17-11-14(21)5-8-16(17)19(25)23-9-1-2-10-23/h3-8,11H,1-2,9-10,12H2,(H,22,24). The van der Waals surface area contributed by atoms with Crippen LogP contribution in [0.15, 0.2) is 46.9 Å². The van der Waals surface area contributed by atoms with Gasteiger partial charge in [-0.1, -0.05) is 27.5 Å². The zero-order valence-electron chi connectivity index (χ0n) is 14.0. The number of hydrogen-bond acceptors (Lipinski definition) is 3. The molecular formula is C19H18BrClN2O3. The summed E-state index contributed by atoms with van der Waals surface area (Å²) in [6, 6.07) is 12.1. The number of nitrogens with zero attached hydrogens (tertiary/aromatic N) is 1. The third kappa shape index (κ3) is 4.77. The average molecular weight is 438 g/mol. The van der Waals surface area contributed by atoms with E-state index in [2.05, 4.69) is 21.2 Å². The van der Waals surface area contributed by atoms with Crippen molar-refractivity contribution in [3.63, 3.8) is 0 Å². The van der Waals surface area contributed by atoms with Gasteiger partial charge in [0.1, 0.15) is 5.75 Å². The van der Waals surface area contributed by atoms with Crippen LogP contribution in [0.25, 0.3) is 0 Å². The second-order valence-corrected chi connectivity index (χ2v) is 7.33. The first-order valence-corrected chi connectivity index (χ1v) is 9.47. The van der Waals surface area contributed by atoms with Crippen LogP contribution >= 0.6 is 27.5 Å². The molecule has 1 fully saturated rings. The minimum Gasteiger partial charge on any atom is -0.484 e. The molecule has 0 unspecified atom stereocenters. The molecule has 1 heterocycles. The van der Waals surface area contributed by atoms with Crippen molar-refractivity contribution in [3.05, 3.63) is 57.5 Å². The summed E-state index contributed by atoms with van der Waals surface area (Å²) in [4.78, 5) is 26.7. The van der Waals surface area contributed by atoms with Crippen molar-refractivity contribution in [2.24, 2.45) is 0 Å². The minimum absolute atomic E-state index is 0.0942. The molecule has 0 aliphatic carbocycles. The highest BCUT2D eigenvalue weighted by atomic mass is 79.9. The van der Waals surface area contributed by atoms with Crippen LogP contribution in [0.5, 0.6) is 5.75 Å². The monoisotopic (exact) mass is 436 g/mol. The lowest BCUT2D eigenvalue weighted by molar-refractivity contribution is -0.118. The summed E-state index contributed by atoms with van der Waals surface area (Å²) in [5.74, 6) is 0.136. The van der Waals surface area contributed by atoms with Crippen molar-refractivity contribution in [3.8, 4) is 5.75 Å². The zero-order valence-corrected chi connectivity index (χ0v) is 16.3. The molecule has 0 bridgehead atoms. The van der Waals surface area contributed by atoms with E-state index in [-0.39, 0.29) is 18.4 Å². The predicted molar refractivity (Wildman–Crippen MR) is 105 cm³/mol. The van der Waals surface area contributed by atoms with Crippen molar-refractivity contribution < 1.29 is 14.3 Å². The Morgan fingerprint density at radius 1 is 1.12 bits per heavy atom. The molecule has 3 rings (SSSR count). The highest BCUT2D eigenvalue weighted by Gasteiger charge is 2.22. The number of halogens is 2. The van der Waals surface area contributed by atoms with Gasteiger partial charge in [0.2, 0.25) is 0 Å². The molecule has 0 aromatic heterocycles. The van der Waals surface area contributed by atoms with E-state index in [0.29, 0.717) is 22.0 Å². The second-order valence-electron chi connectivity index (χ2n) is 5.98. The Kier molecular flexibility index (Phi) is 6.16. The first kappa shape index (κ1) is 18.7. The topological polar surface area (TPSA) is 58.6 Å². The maximum Gasteiger partial charge on any atom is 0.262 e. The van der Waals surface area contributed by atoms with Crippen molar-refractivity contribution >= 4 is 45.0 Å². The van der Waals surface area contributed by atoms with Gasteiger partial charge in [-0.25, -0.2) is 0 Å². The Balaban J connectivity index is 1.67. The number of hydrogen-bond donors (Lipinski definition) is 1. The van der Waals surface area contributed by atoms with Crippen molar-refractivity contribution in [2.45, 2.75) is 12.8 Å². The molecule has 1 saturated heterocycles. The average Bonchev–Trinajstić information content (AvgIpc) is 3.15. The molecule has 2 aromatic rings. The van der Waals surface area contributed by atoms with Gasteiger partial charge in [0.05, 0.1) is 11.3 Å². The first-order valence-electron chi connectivity index (χ1n) is 8.30. The van der Waals surface area contributed by atoms with Crippen molar-refractivity contribution in [1.29, 1.82) is 0 Å². The van der Waals surface area contributed by atoms with Gasteiger partial charge in [0, 0.05) is 22.6 Å². The van der Waals surface area contributed by atoms with Crippen LogP contribution in [0.1, 0.15) is 23.2 Å². The van der Waals surface area contributed by atoms with Gasteiger partial charge in [0.25, 0.3) is 11.8 Å². The van der Waals surface area contributed by atoms with Crippen molar-refractivity contribution in [1.82, 2.24) is 4.90 Å². The third-order valence-electron chi connectivity index (χ3n) is 4.06. The van der Waals surface area contributed by atoms with Crippen LogP contribution in [-0.2, 0) is 4.79 Å². The van der Waals surface area contributed by atoms with Crippen LogP contribution in [0.3, 0.4) is 0 Å². The molecule has 26 heavy (non-hydrogen) atoms. The van der Waals surface area contributed by atoms with Crippen LogP contribution in [0.2, 0.25) is 5.02 Å². The van der Waals surface area contributed by atoms with Crippen LogP contribution in [0.4, 0.5) is 5.69 Å². The summed E-state index contributed by atoms with van der Waals surface area (Å²) < 4.78 is 6.39. The van der Waals surface area contributed by atoms with E-state index in [1.807, 2.05) is 12.1 Å². The molecule has 2 amide bonds. The Morgan fingerprint density at radius 2 is 1.81 bits per heavy atom. The third-order valence-corrected chi connectivity index (χ3v) is 4.83. The summed E-state index contributed by atoms with van der Waals surface area (Å²) in [6.45, 7) is 1.31. The molecule has 5 nitrogen and oxygen atoms in total. The number of nitrogens with one attached hydrogen (secondary N) is 1. The van der Waals surface area contributed by atoms with Gasteiger partial charge in [-0.2, -0.15) is 0 Å². The van der Waals surface area contributed by atoms with Gasteiger partial charge < -0.3 is 15.0 Å². The van der Waals surface area contributed by atoms with Crippen LogP contribution in [0, 0.1) is 0 Å². The number of anilines is 1. The number of rotatable bonds is 5. The Morgan fingerprint density at radius 3 is 2.50 bits per heavy atom. The van der Waals surface area contributed by atoms with Gasteiger partial charge in [-0.15, -0.1) is 0 Å². The molecule has 0 spiro atoms. The fourth-order valence-electron chi connectivity index (χ4n) is 2.76. The summed E-state index contributed by atoms with van der Waals surface area (Å²) in [5, 5.41) is 3.18. The quantitative estimate of drug-likeness (QED) is 0.756. The Hall–Kier alpha value is -2.05. The Bertz CT molecular complexity index is 805. The van der Waals surface area contributed by atoms with E-state index >= 15 is 0 Å². The van der Waals surface area contributed by atoms with E-state index in [1.54, 1.807) is 35.2 Å². The maximum absolute atomic E-state index is 12.7. The molecule has 2 aromatic carbocycles. The number of carbonyl (C=O) groups excluding carboxylic acids is 2. The SMILES string of the molecule is O=C(COc1ccc(Br)cc1)Nc1cc(Cl)ccc1C(=O)N1CCCC1. The fourth-order valence-corrected chi connectivity index (χ4v) is 3.20. The van der Waals surface area contributed by atoms with E-state index in [4.69, 9.17) is 16.3 Å². The number of amides is 2. The lowest BCUT2D eigenvalue weighted by Gasteiger charge is -2.18. The molecule has 1 aliphatic rings. The molecule has 7 heteroatoms. The lowest BCUT2D eigenvalue weighted by Crippen LogP contribution is -2.29. The molecule has 1 aliphatic heterocycles. The highest BCUT2D eigenvalue weighted by molar-refractivity contribution is 9.10. The van der Waals surface area contributed by atoms with E-state index in [1.165, 1.54) is 0 Å². The number of benzene rings is 2. The molecule has 0 saturated carbocycles. The van der Waals surface area contributed by atoms with Crippen molar-refractivity contribution in [2.75, 3.05) is 25.0 Å².